The van der Waals surface area contributed by atoms with E-state index in [1.165, 1.54) is 6.92 Å². The normalized spacial score (nSPS) is 12.2. The first-order chi connectivity index (χ1) is 5.66. The number of carbonyl (C=O) groups is 1. The van der Waals surface area contributed by atoms with Crippen molar-refractivity contribution in [2.45, 2.75) is 26.6 Å². The zero-order valence-electron chi connectivity index (χ0n) is 7.41. The Bertz CT molecular complexity index is 144. The molecule has 1 unspecified atom stereocenters. The number of carbonyl (C=O) groups excluding carboxylic acids is 1. The molecule has 0 radical (unpaired) electrons. The Hall–Kier alpha value is -0.870. The van der Waals surface area contributed by atoms with Crippen LogP contribution in [0.5, 0.6) is 0 Å². The minimum absolute atomic E-state index is 0.0897. The Morgan fingerprint density at radius 3 is 2.83 bits per heavy atom. The van der Waals surface area contributed by atoms with Gasteiger partial charge in [0, 0.05) is 6.42 Å². The minimum atomic E-state index is -0.484. The van der Waals surface area contributed by atoms with E-state index in [4.69, 9.17) is 4.74 Å². The maximum atomic E-state index is 10.5. The molecule has 0 saturated carbocycles. The molecule has 0 spiro atoms. The van der Waals surface area contributed by atoms with Crippen LogP contribution in [0.25, 0.3) is 0 Å². The Balaban J connectivity index is 3.24. The van der Waals surface area contributed by atoms with Gasteiger partial charge >= 0.3 is 0 Å². The molecule has 70 valence electrons. The van der Waals surface area contributed by atoms with E-state index >= 15 is 0 Å². The summed E-state index contributed by atoms with van der Waals surface area (Å²) in [6.45, 7) is 6.81. The summed E-state index contributed by atoms with van der Waals surface area (Å²) in [5, 5.41) is 0. The molecule has 0 aliphatic rings. The monoisotopic (exact) mass is 174 g/mol. The van der Waals surface area contributed by atoms with Crippen LogP contribution in [0.15, 0.2) is 12.8 Å². The highest BCUT2D eigenvalue weighted by Gasteiger charge is 2.02. The number of ether oxygens (including phenoxy) is 1. The summed E-state index contributed by atoms with van der Waals surface area (Å²) < 4.78 is 5.04. The molecule has 0 aromatic heterocycles. The van der Waals surface area contributed by atoms with Crippen LogP contribution in [0, 0.1) is 0 Å². The molecule has 0 bridgehead atoms. The van der Waals surface area contributed by atoms with Crippen LogP contribution in [0.2, 0.25) is 0 Å². The first kappa shape index (κ1) is 11.1. The second kappa shape index (κ2) is 6.82. The summed E-state index contributed by atoms with van der Waals surface area (Å²) in [4.78, 5) is 19.5. The van der Waals surface area contributed by atoms with Gasteiger partial charge in [0.15, 0.2) is 6.29 Å². The smallest absolute Gasteiger partial charge is 0.200 e. The van der Waals surface area contributed by atoms with Crippen LogP contribution in [-0.4, -0.2) is 18.7 Å². The van der Waals surface area contributed by atoms with Gasteiger partial charge in [-0.2, -0.15) is 4.89 Å². The van der Waals surface area contributed by atoms with Crippen LogP contribution in [0.4, 0.5) is 0 Å². The molecular formula is C8H14O4. The molecule has 12 heavy (non-hydrogen) atoms. The molecule has 0 aromatic carbocycles. The molecule has 0 aliphatic heterocycles. The van der Waals surface area contributed by atoms with Crippen LogP contribution < -0.4 is 0 Å². The van der Waals surface area contributed by atoms with E-state index in [0.717, 1.165) is 6.26 Å². The van der Waals surface area contributed by atoms with Crippen LogP contribution >= 0.6 is 0 Å². The van der Waals surface area contributed by atoms with Gasteiger partial charge in [-0.25, -0.2) is 0 Å². The van der Waals surface area contributed by atoms with Crippen molar-refractivity contribution in [1.29, 1.82) is 0 Å². The highest BCUT2D eigenvalue weighted by atomic mass is 17.2. The van der Waals surface area contributed by atoms with Crippen molar-refractivity contribution in [3.05, 3.63) is 12.8 Å². The fraction of sp³-hybridized carbons (Fsp3) is 0.625. The summed E-state index contributed by atoms with van der Waals surface area (Å²) in [7, 11) is 0. The molecule has 0 rings (SSSR count). The number of ketones is 1. The van der Waals surface area contributed by atoms with Crippen LogP contribution in [0.1, 0.15) is 20.3 Å². The lowest BCUT2D eigenvalue weighted by Gasteiger charge is -2.10. The third-order valence-electron chi connectivity index (χ3n) is 1.07. The van der Waals surface area contributed by atoms with E-state index < -0.39 is 6.29 Å². The largest absolute Gasteiger partial charge is 0.349 e. The van der Waals surface area contributed by atoms with E-state index in [0.29, 0.717) is 13.0 Å². The molecule has 0 amide bonds. The molecule has 0 aliphatic carbocycles. The molecule has 4 nitrogen and oxygen atoms in total. The molecule has 0 fully saturated rings. The van der Waals surface area contributed by atoms with Crippen molar-refractivity contribution >= 4 is 5.78 Å². The molecular weight excluding hydrogens is 160 g/mol. The number of Topliss-reactive ketones (excluding diaryl/α,β-unsaturated/α-hetero) is 1. The van der Waals surface area contributed by atoms with Crippen molar-refractivity contribution in [2.24, 2.45) is 0 Å². The zero-order valence-corrected chi connectivity index (χ0v) is 7.41. The molecule has 1 atom stereocenters. The maximum Gasteiger partial charge on any atom is 0.200 e. The first-order valence-electron chi connectivity index (χ1n) is 3.71. The Morgan fingerprint density at radius 1 is 1.67 bits per heavy atom. The average Bonchev–Trinajstić information content (AvgIpc) is 2.00. The third kappa shape index (κ3) is 7.24. The maximum absolute atomic E-state index is 10.5. The fourth-order valence-corrected chi connectivity index (χ4v) is 0.514. The van der Waals surface area contributed by atoms with E-state index in [9.17, 15) is 4.79 Å². The third-order valence-corrected chi connectivity index (χ3v) is 1.07. The van der Waals surface area contributed by atoms with Crippen molar-refractivity contribution < 1.29 is 19.3 Å². The van der Waals surface area contributed by atoms with Crippen LogP contribution in [0.3, 0.4) is 0 Å². The Morgan fingerprint density at radius 2 is 2.33 bits per heavy atom. The van der Waals surface area contributed by atoms with Crippen molar-refractivity contribution in [3.8, 4) is 0 Å². The molecule has 0 N–H and O–H groups in total. The van der Waals surface area contributed by atoms with Crippen molar-refractivity contribution in [1.82, 2.24) is 0 Å². The van der Waals surface area contributed by atoms with Crippen LogP contribution in [-0.2, 0) is 19.3 Å². The number of rotatable bonds is 7. The number of hydrogen-bond acceptors (Lipinski definition) is 4. The average molecular weight is 174 g/mol. The summed E-state index contributed by atoms with van der Waals surface area (Å²) in [6, 6.07) is 0. The molecule has 0 aromatic rings. The highest BCUT2D eigenvalue weighted by Crippen LogP contribution is 1.96. The van der Waals surface area contributed by atoms with Crippen molar-refractivity contribution in [3.63, 3.8) is 0 Å². The number of hydrogen-bond donors (Lipinski definition) is 0. The van der Waals surface area contributed by atoms with Gasteiger partial charge in [0.25, 0.3) is 0 Å². The topological polar surface area (TPSA) is 44.8 Å². The summed E-state index contributed by atoms with van der Waals surface area (Å²) in [5.41, 5.74) is 0. The second-order valence-corrected chi connectivity index (χ2v) is 2.25. The van der Waals surface area contributed by atoms with Gasteiger partial charge in [0.1, 0.15) is 12.0 Å². The standard InChI is InChI=1S/C8H14O4/c1-4-11-12-8(3)10-6-5-7(2)9/h4,8H,1,5-6H2,2-3H3. The van der Waals surface area contributed by atoms with Gasteiger partial charge in [-0.15, -0.1) is 0 Å². The lowest BCUT2D eigenvalue weighted by Crippen LogP contribution is -2.14. The molecule has 0 heterocycles. The van der Waals surface area contributed by atoms with Crippen molar-refractivity contribution in [2.75, 3.05) is 6.61 Å². The fourth-order valence-electron chi connectivity index (χ4n) is 0.514. The van der Waals surface area contributed by atoms with Gasteiger partial charge in [0.05, 0.1) is 6.61 Å². The van der Waals surface area contributed by atoms with E-state index in [1.54, 1.807) is 6.92 Å². The van der Waals surface area contributed by atoms with E-state index in [1.807, 2.05) is 0 Å². The zero-order chi connectivity index (χ0) is 9.40. The Labute approximate surface area is 72.0 Å². The van der Waals surface area contributed by atoms with Gasteiger partial charge in [0.2, 0.25) is 0 Å². The SMILES string of the molecule is C=COOC(C)OCCC(C)=O. The van der Waals surface area contributed by atoms with Gasteiger partial charge < -0.3 is 9.62 Å². The highest BCUT2D eigenvalue weighted by molar-refractivity contribution is 5.75. The summed E-state index contributed by atoms with van der Waals surface area (Å²) >= 11 is 0. The Kier molecular flexibility index (Phi) is 6.32. The summed E-state index contributed by atoms with van der Waals surface area (Å²) in [5.74, 6) is 0.0897. The van der Waals surface area contributed by atoms with E-state index in [-0.39, 0.29) is 5.78 Å². The molecule has 4 heteroatoms. The second-order valence-electron chi connectivity index (χ2n) is 2.25. The summed E-state index contributed by atoms with van der Waals surface area (Å²) in [6.07, 6.45) is 1.06. The molecule has 0 saturated heterocycles. The van der Waals surface area contributed by atoms with Gasteiger partial charge in [-0.3, -0.25) is 4.79 Å². The minimum Gasteiger partial charge on any atom is -0.349 e. The lowest BCUT2D eigenvalue weighted by molar-refractivity contribution is -0.341. The van der Waals surface area contributed by atoms with Gasteiger partial charge in [-0.05, 0) is 13.8 Å². The van der Waals surface area contributed by atoms with Gasteiger partial charge in [-0.1, -0.05) is 6.58 Å². The van der Waals surface area contributed by atoms with E-state index in [2.05, 4.69) is 16.4 Å². The predicted molar refractivity (Wildman–Crippen MR) is 43.1 cm³/mol. The quantitative estimate of drug-likeness (QED) is 0.253. The first-order valence-corrected chi connectivity index (χ1v) is 3.71. The predicted octanol–water partition coefficient (Wildman–Crippen LogP) is 1.42. The lowest BCUT2D eigenvalue weighted by atomic mass is 10.3.